The Kier molecular flexibility index (Phi) is 5.99. The number of benzene rings is 1. The first kappa shape index (κ1) is 21.1. The van der Waals surface area contributed by atoms with Crippen molar-refractivity contribution >= 4 is 15.9 Å². The predicted octanol–water partition coefficient (Wildman–Crippen LogP) is 2.96. The van der Waals surface area contributed by atoms with Crippen LogP contribution >= 0.6 is 0 Å². The van der Waals surface area contributed by atoms with Crippen LogP contribution in [0.1, 0.15) is 53.7 Å². The van der Waals surface area contributed by atoms with Crippen LogP contribution in [0.4, 0.5) is 0 Å². The molecule has 1 atom stereocenters. The lowest BCUT2D eigenvalue weighted by Crippen LogP contribution is -2.39. The third-order valence-electron chi connectivity index (χ3n) is 6.18. The van der Waals surface area contributed by atoms with Crippen LogP contribution in [0.2, 0.25) is 0 Å². The number of aryl methyl sites for hydroxylation is 1. The fourth-order valence-electron chi connectivity index (χ4n) is 4.39. The molecule has 7 nitrogen and oxygen atoms in total. The Morgan fingerprint density at radius 1 is 1.10 bits per heavy atom. The Morgan fingerprint density at radius 2 is 1.73 bits per heavy atom. The van der Waals surface area contributed by atoms with Crippen molar-refractivity contribution in [3.63, 3.8) is 0 Å². The summed E-state index contributed by atoms with van der Waals surface area (Å²) >= 11 is 0. The van der Waals surface area contributed by atoms with Gasteiger partial charge in [-0.2, -0.15) is 4.31 Å². The number of rotatable bonds is 5. The van der Waals surface area contributed by atoms with Crippen LogP contribution in [-0.4, -0.2) is 54.8 Å². The van der Waals surface area contributed by atoms with Crippen molar-refractivity contribution in [1.29, 1.82) is 0 Å². The van der Waals surface area contributed by atoms with Crippen LogP contribution in [0.25, 0.3) is 0 Å². The monoisotopic (exact) mass is 432 g/mol. The molecule has 1 N–H and O–H groups in total. The molecular formula is C22H28N2O5S. The van der Waals surface area contributed by atoms with Crippen LogP contribution < -0.4 is 0 Å². The highest BCUT2D eigenvalue weighted by atomic mass is 32.2. The third kappa shape index (κ3) is 4.04. The number of aliphatic hydroxyl groups is 1. The van der Waals surface area contributed by atoms with Gasteiger partial charge < -0.3 is 14.4 Å². The molecule has 1 amide bonds. The maximum atomic E-state index is 12.9. The van der Waals surface area contributed by atoms with E-state index in [0.29, 0.717) is 39.0 Å². The number of amides is 1. The minimum absolute atomic E-state index is 0.0623. The van der Waals surface area contributed by atoms with E-state index in [1.54, 1.807) is 11.8 Å². The number of nitrogens with zero attached hydrogens (tertiary/aromatic N) is 2. The number of hydrogen-bond donors (Lipinski definition) is 1. The van der Waals surface area contributed by atoms with Gasteiger partial charge in [-0.15, -0.1) is 0 Å². The van der Waals surface area contributed by atoms with Crippen molar-refractivity contribution in [3.05, 3.63) is 53.5 Å². The zero-order valence-electron chi connectivity index (χ0n) is 17.2. The molecule has 2 aliphatic heterocycles. The SMILES string of the molecule is Cc1oc(C(=O)N2CCC(C(O)c3ccccc3)CC2)cc1S(=O)(=O)N1CCCC1. The van der Waals surface area contributed by atoms with E-state index in [0.717, 1.165) is 18.4 Å². The third-order valence-corrected chi connectivity index (χ3v) is 8.19. The molecule has 30 heavy (non-hydrogen) atoms. The highest BCUT2D eigenvalue weighted by Gasteiger charge is 2.34. The number of aliphatic hydroxyl groups excluding tert-OH is 1. The van der Waals surface area contributed by atoms with E-state index in [2.05, 4.69) is 0 Å². The predicted molar refractivity (Wildman–Crippen MR) is 111 cm³/mol. The second-order valence-electron chi connectivity index (χ2n) is 8.13. The molecule has 162 valence electrons. The number of likely N-dealkylation sites (tertiary alicyclic amines) is 1. The van der Waals surface area contributed by atoms with Crippen LogP contribution in [0, 0.1) is 12.8 Å². The highest BCUT2D eigenvalue weighted by molar-refractivity contribution is 7.89. The average molecular weight is 433 g/mol. The first-order valence-electron chi connectivity index (χ1n) is 10.5. The van der Waals surface area contributed by atoms with Crippen molar-refractivity contribution in [2.24, 2.45) is 5.92 Å². The van der Waals surface area contributed by atoms with Gasteiger partial charge in [-0.3, -0.25) is 4.79 Å². The minimum atomic E-state index is -3.63. The molecule has 0 bridgehead atoms. The quantitative estimate of drug-likeness (QED) is 0.784. The van der Waals surface area contributed by atoms with Gasteiger partial charge in [-0.05, 0) is 44.1 Å². The Bertz CT molecular complexity index is 988. The van der Waals surface area contributed by atoms with Gasteiger partial charge in [0.25, 0.3) is 5.91 Å². The van der Waals surface area contributed by atoms with Gasteiger partial charge in [0.1, 0.15) is 10.7 Å². The summed E-state index contributed by atoms with van der Waals surface area (Å²) in [4.78, 5) is 14.7. The molecule has 4 rings (SSSR count). The Hall–Kier alpha value is -2.16. The number of carbonyl (C=O) groups is 1. The number of sulfonamides is 1. The second-order valence-corrected chi connectivity index (χ2v) is 10.0. The molecule has 0 saturated carbocycles. The first-order valence-corrected chi connectivity index (χ1v) is 11.9. The first-order chi connectivity index (χ1) is 14.4. The zero-order chi connectivity index (χ0) is 21.3. The number of hydrogen-bond acceptors (Lipinski definition) is 5. The summed E-state index contributed by atoms with van der Waals surface area (Å²) in [5, 5.41) is 10.6. The van der Waals surface area contributed by atoms with Crippen molar-refractivity contribution in [2.75, 3.05) is 26.2 Å². The number of carbonyl (C=O) groups excluding carboxylic acids is 1. The van der Waals surface area contributed by atoms with Gasteiger partial charge >= 0.3 is 0 Å². The number of furan rings is 1. The van der Waals surface area contributed by atoms with Crippen molar-refractivity contribution < 1.29 is 22.7 Å². The van der Waals surface area contributed by atoms with Gasteiger partial charge in [-0.1, -0.05) is 30.3 Å². The van der Waals surface area contributed by atoms with Crippen LogP contribution in [0.5, 0.6) is 0 Å². The van der Waals surface area contributed by atoms with Gasteiger partial charge in [0.15, 0.2) is 5.76 Å². The summed E-state index contributed by atoms with van der Waals surface area (Å²) in [5.74, 6) is 0.0986. The summed E-state index contributed by atoms with van der Waals surface area (Å²) in [5.41, 5.74) is 0.890. The molecule has 0 spiro atoms. The maximum Gasteiger partial charge on any atom is 0.289 e. The summed E-state index contributed by atoms with van der Waals surface area (Å²) in [6.45, 7) is 3.60. The molecule has 0 radical (unpaired) electrons. The largest absolute Gasteiger partial charge is 0.455 e. The standard InChI is InChI=1S/C22H28N2O5S/c1-16-20(30(27,28)24-11-5-6-12-24)15-19(29-16)22(26)23-13-9-18(10-14-23)21(25)17-7-3-2-4-8-17/h2-4,7-8,15,18,21,25H,5-6,9-14H2,1H3. The molecule has 2 aliphatic rings. The Morgan fingerprint density at radius 3 is 2.37 bits per heavy atom. The maximum absolute atomic E-state index is 12.9. The molecule has 2 saturated heterocycles. The molecule has 1 aromatic heterocycles. The molecular weight excluding hydrogens is 404 g/mol. The van der Waals surface area contributed by atoms with Crippen molar-refractivity contribution in [1.82, 2.24) is 9.21 Å². The van der Waals surface area contributed by atoms with E-state index >= 15 is 0 Å². The topological polar surface area (TPSA) is 91.1 Å². The van der Waals surface area contributed by atoms with E-state index in [4.69, 9.17) is 4.42 Å². The molecule has 1 aromatic carbocycles. The summed E-state index contributed by atoms with van der Waals surface area (Å²) in [6, 6.07) is 10.9. The lowest BCUT2D eigenvalue weighted by molar-refractivity contribution is 0.0442. The van der Waals surface area contributed by atoms with Crippen LogP contribution in [-0.2, 0) is 10.0 Å². The van der Waals surface area contributed by atoms with Crippen LogP contribution in [0.15, 0.2) is 45.7 Å². The summed E-state index contributed by atoms with van der Waals surface area (Å²) < 4.78 is 32.7. The van der Waals surface area contributed by atoms with E-state index in [1.165, 1.54) is 10.4 Å². The van der Waals surface area contributed by atoms with Gasteiger partial charge in [0, 0.05) is 32.2 Å². The van der Waals surface area contributed by atoms with Crippen molar-refractivity contribution in [2.45, 2.75) is 43.6 Å². The summed E-state index contributed by atoms with van der Waals surface area (Å²) in [6.07, 6.45) is 2.52. The summed E-state index contributed by atoms with van der Waals surface area (Å²) in [7, 11) is -3.63. The minimum Gasteiger partial charge on any atom is -0.455 e. The zero-order valence-corrected chi connectivity index (χ0v) is 18.0. The Balaban J connectivity index is 1.42. The van der Waals surface area contributed by atoms with E-state index < -0.39 is 16.1 Å². The molecule has 0 aliphatic carbocycles. The lowest BCUT2D eigenvalue weighted by atomic mass is 9.87. The van der Waals surface area contributed by atoms with E-state index in [9.17, 15) is 18.3 Å². The van der Waals surface area contributed by atoms with Gasteiger partial charge in [-0.25, -0.2) is 8.42 Å². The number of piperidine rings is 1. The normalized spacial score (nSPS) is 19.9. The smallest absolute Gasteiger partial charge is 0.289 e. The fourth-order valence-corrected chi connectivity index (χ4v) is 6.07. The highest BCUT2D eigenvalue weighted by Crippen LogP contribution is 2.32. The second kappa shape index (κ2) is 8.53. The molecule has 1 unspecified atom stereocenters. The van der Waals surface area contributed by atoms with Crippen molar-refractivity contribution in [3.8, 4) is 0 Å². The van der Waals surface area contributed by atoms with E-state index in [-0.39, 0.29) is 28.2 Å². The fraction of sp³-hybridized carbons (Fsp3) is 0.500. The van der Waals surface area contributed by atoms with Gasteiger partial charge in [0.2, 0.25) is 10.0 Å². The van der Waals surface area contributed by atoms with Crippen LogP contribution in [0.3, 0.4) is 0 Å². The molecule has 3 heterocycles. The average Bonchev–Trinajstić information content (AvgIpc) is 3.44. The lowest BCUT2D eigenvalue weighted by Gasteiger charge is -2.34. The van der Waals surface area contributed by atoms with Gasteiger partial charge in [0.05, 0.1) is 6.10 Å². The van der Waals surface area contributed by atoms with E-state index in [1.807, 2.05) is 30.3 Å². The Labute approximate surface area is 177 Å². The molecule has 2 fully saturated rings. The molecule has 8 heteroatoms. The molecule has 2 aromatic rings.